The van der Waals surface area contributed by atoms with Crippen molar-refractivity contribution in [1.82, 2.24) is 0 Å². The van der Waals surface area contributed by atoms with E-state index in [4.69, 9.17) is 4.74 Å². The van der Waals surface area contributed by atoms with Gasteiger partial charge in [-0.15, -0.1) is 0 Å². The second kappa shape index (κ2) is 5.20. The lowest BCUT2D eigenvalue weighted by Gasteiger charge is -2.19. The van der Waals surface area contributed by atoms with E-state index in [9.17, 15) is 0 Å². The summed E-state index contributed by atoms with van der Waals surface area (Å²) in [6.07, 6.45) is 2.76. The first kappa shape index (κ1) is 12.8. The molecule has 0 aliphatic carbocycles. The summed E-state index contributed by atoms with van der Waals surface area (Å²) in [6, 6.07) is 8.84. The highest BCUT2D eigenvalue weighted by Crippen LogP contribution is 2.22. The van der Waals surface area contributed by atoms with Crippen LogP contribution >= 0.6 is 0 Å². The Bertz CT molecular complexity index is 352. The van der Waals surface area contributed by atoms with Crippen molar-refractivity contribution in [2.45, 2.75) is 39.5 Å². The van der Waals surface area contributed by atoms with E-state index in [1.165, 1.54) is 16.7 Å². The minimum absolute atomic E-state index is 0.232. The lowest BCUT2D eigenvalue weighted by atomic mass is 9.86. The smallest absolute Gasteiger partial charge is 0.0817 e. The molecule has 0 saturated carbocycles. The summed E-state index contributed by atoms with van der Waals surface area (Å²) in [5.74, 6) is 0. The van der Waals surface area contributed by atoms with E-state index in [1.807, 2.05) is 0 Å². The SMILES string of the molecule is CO/C=C(\C)Cc1ccc(C(C)(C)C)cc1. The molecule has 0 amide bonds. The van der Waals surface area contributed by atoms with Gasteiger partial charge < -0.3 is 4.74 Å². The first-order valence-electron chi connectivity index (χ1n) is 5.71. The molecule has 0 aliphatic rings. The number of hydrogen-bond acceptors (Lipinski definition) is 1. The molecule has 1 aromatic rings. The molecule has 0 atom stereocenters. The largest absolute Gasteiger partial charge is 0.504 e. The Balaban J connectivity index is 2.76. The molecule has 0 fully saturated rings. The summed E-state index contributed by atoms with van der Waals surface area (Å²) in [6.45, 7) is 8.79. The third kappa shape index (κ3) is 3.73. The first-order chi connectivity index (χ1) is 7.43. The van der Waals surface area contributed by atoms with Crippen molar-refractivity contribution in [3.05, 3.63) is 47.2 Å². The highest BCUT2D eigenvalue weighted by atomic mass is 16.5. The maximum Gasteiger partial charge on any atom is 0.0817 e. The fourth-order valence-corrected chi connectivity index (χ4v) is 1.69. The minimum Gasteiger partial charge on any atom is -0.504 e. The van der Waals surface area contributed by atoms with Crippen LogP contribution in [0.15, 0.2) is 36.1 Å². The summed E-state index contributed by atoms with van der Waals surface area (Å²) >= 11 is 0. The van der Waals surface area contributed by atoms with Crippen molar-refractivity contribution in [3.63, 3.8) is 0 Å². The van der Waals surface area contributed by atoms with E-state index in [0.29, 0.717) is 0 Å². The first-order valence-corrected chi connectivity index (χ1v) is 5.71. The van der Waals surface area contributed by atoms with Crippen molar-refractivity contribution in [2.75, 3.05) is 7.11 Å². The fraction of sp³-hybridized carbons (Fsp3) is 0.467. The van der Waals surface area contributed by atoms with E-state index in [2.05, 4.69) is 52.0 Å². The van der Waals surface area contributed by atoms with Gasteiger partial charge in [-0.3, -0.25) is 0 Å². The third-order valence-corrected chi connectivity index (χ3v) is 2.62. The summed E-state index contributed by atoms with van der Waals surface area (Å²) < 4.78 is 4.99. The number of hydrogen-bond donors (Lipinski definition) is 0. The van der Waals surface area contributed by atoms with Crippen LogP contribution in [0.4, 0.5) is 0 Å². The average molecular weight is 218 g/mol. The van der Waals surface area contributed by atoms with Crippen molar-refractivity contribution in [1.29, 1.82) is 0 Å². The molecule has 0 radical (unpaired) electrons. The maximum atomic E-state index is 4.99. The zero-order chi connectivity index (χ0) is 12.2. The van der Waals surface area contributed by atoms with Crippen LogP contribution in [0.25, 0.3) is 0 Å². The highest BCUT2D eigenvalue weighted by Gasteiger charge is 2.12. The Labute approximate surface area is 99.1 Å². The van der Waals surface area contributed by atoms with E-state index >= 15 is 0 Å². The Morgan fingerprint density at radius 1 is 1.19 bits per heavy atom. The fourth-order valence-electron chi connectivity index (χ4n) is 1.69. The number of rotatable bonds is 3. The monoisotopic (exact) mass is 218 g/mol. The van der Waals surface area contributed by atoms with E-state index in [-0.39, 0.29) is 5.41 Å². The summed E-state index contributed by atoms with van der Waals surface area (Å²) in [5, 5.41) is 0. The molecule has 0 aromatic heterocycles. The van der Waals surface area contributed by atoms with Crippen LogP contribution in [0.2, 0.25) is 0 Å². The van der Waals surface area contributed by atoms with E-state index in [0.717, 1.165) is 6.42 Å². The van der Waals surface area contributed by atoms with Gasteiger partial charge in [0.1, 0.15) is 0 Å². The molecule has 0 unspecified atom stereocenters. The van der Waals surface area contributed by atoms with Crippen LogP contribution in [-0.2, 0) is 16.6 Å². The van der Waals surface area contributed by atoms with Gasteiger partial charge in [-0.25, -0.2) is 0 Å². The van der Waals surface area contributed by atoms with Crippen LogP contribution in [-0.4, -0.2) is 7.11 Å². The van der Waals surface area contributed by atoms with Crippen LogP contribution in [0.3, 0.4) is 0 Å². The second-order valence-corrected chi connectivity index (χ2v) is 5.32. The zero-order valence-corrected chi connectivity index (χ0v) is 11.0. The van der Waals surface area contributed by atoms with E-state index < -0.39 is 0 Å². The summed E-state index contributed by atoms with van der Waals surface area (Å²) in [4.78, 5) is 0. The normalized spacial score (nSPS) is 12.7. The molecule has 0 bridgehead atoms. The second-order valence-electron chi connectivity index (χ2n) is 5.32. The lowest BCUT2D eigenvalue weighted by Crippen LogP contribution is -2.10. The van der Waals surface area contributed by atoms with E-state index in [1.54, 1.807) is 13.4 Å². The average Bonchev–Trinajstić information content (AvgIpc) is 2.17. The standard InChI is InChI=1S/C15H22O/c1-12(11-16-5)10-13-6-8-14(9-7-13)15(2,3)4/h6-9,11H,10H2,1-5H3/b12-11+. The third-order valence-electron chi connectivity index (χ3n) is 2.62. The van der Waals surface area contributed by atoms with Crippen LogP contribution in [0.5, 0.6) is 0 Å². The van der Waals surface area contributed by atoms with Gasteiger partial charge in [0.25, 0.3) is 0 Å². The summed E-state index contributed by atoms with van der Waals surface area (Å²) in [7, 11) is 1.69. The number of ether oxygens (including phenoxy) is 1. The van der Waals surface area contributed by atoms with Gasteiger partial charge in [0.15, 0.2) is 0 Å². The Kier molecular flexibility index (Phi) is 4.17. The van der Waals surface area contributed by atoms with Crippen LogP contribution in [0.1, 0.15) is 38.8 Å². The molecule has 1 rings (SSSR count). The number of allylic oxidation sites excluding steroid dienone is 1. The quantitative estimate of drug-likeness (QED) is 0.695. The van der Waals surface area contributed by atoms with Crippen molar-refractivity contribution in [3.8, 4) is 0 Å². The molecule has 0 aliphatic heterocycles. The molecule has 1 heteroatoms. The van der Waals surface area contributed by atoms with Crippen molar-refractivity contribution < 1.29 is 4.74 Å². The van der Waals surface area contributed by atoms with Gasteiger partial charge >= 0.3 is 0 Å². The van der Waals surface area contributed by atoms with Crippen molar-refractivity contribution in [2.24, 2.45) is 0 Å². The predicted octanol–water partition coefficient (Wildman–Crippen LogP) is 4.08. The number of methoxy groups -OCH3 is 1. The van der Waals surface area contributed by atoms with Gasteiger partial charge in [-0.2, -0.15) is 0 Å². The van der Waals surface area contributed by atoms with Gasteiger partial charge in [0.2, 0.25) is 0 Å². The van der Waals surface area contributed by atoms with Crippen LogP contribution < -0.4 is 0 Å². The maximum absolute atomic E-state index is 4.99. The topological polar surface area (TPSA) is 9.23 Å². The Morgan fingerprint density at radius 3 is 2.19 bits per heavy atom. The summed E-state index contributed by atoms with van der Waals surface area (Å²) in [5.41, 5.74) is 4.19. The number of benzene rings is 1. The minimum atomic E-state index is 0.232. The molecular weight excluding hydrogens is 196 g/mol. The molecule has 1 aromatic carbocycles. The van der Waals surface area contributed by atoms with Gasteiger partial charge in [-0.05, 0) is 35.5 Å². The molecule has 88 valence electrons. The Morgan fingerprint density at radius 2 is 1.75 bits per heavy atom. The Hall–Kier alpha value is -1.24. The zero-order valence-electron chi connectivity index (χ0n) is 11.0. The molecule has 0 spiro atoms. The molecule has 0 N–H and O–H groups in total. The highest BCUT2D eigenvalue weighted by molar-refractivity contribution is 5.29. The van der Waals surface area contributed by atoms with Gasteiger partial charge in [0.05, 0.1) is 13.4 Å². The predicted molar refractivity (Wildman–Crippen MR) is 69.6 cm³/mol. The molecule has 0 saturated heterocycles. The van der Waals surface area contributed by atoms with Crippen molar-refractivity contribution >= 4 is 0 Å². The van der Waals surface area contributed by atoms with Gasteiger partial charge in [0, 0.05) is 0 Å². The molecule has 1 nitrogen and oxygen atoms in total. The van der Waals surface area contributed by atoms with Crippen LogP contribution in [0, 0.1) is 0 Å². The molecule has 0 heterocycles. The molecular formula is C15H22O. The lowest BCUT2D eigenvalue weighted by molar-refractivity contribution is 0.333. The molecule has 16 heavy (non-hydrogen) atoms. The van der Waals surface area contributed by atoms with Gasteiger partial charge in [-0.1, -0.05) is 45.0 Å².